The maximum absolute atomic E-state index is 11.8. The van der Waals surface area contributed by atoms with Crippen LogP contribution in [0.25, 0.3) is 0 Å². The van der Waals surface area contributed by atoms with Gasteiger partial charge in [-0.2, -0.15) is 0 Å². The molecule has 1 rings (SSSR count). The monoisotopic (exact) mass is 290 g/mol. The van der Waals surface area contributed by atoms with Crippen LogP contribution in [0.4, 0.5) is 0 Å². The van der Waals surface area contributed by atoms with E-state index in [9.17, 15) is 9.59 Å². The molecular weight excluding hydrogens is 272 g/mol. The molecule has 0 saturated carbocycles. The molecule has 2 amide bonds. The second kappa shape index (κ2) is 5.66. The molecule has 4 nitrogen and oxygen atoms in total. The van der Waals surface area contributed by atoms with Gasteiger partial charge in [-0.3, -0.25) is 9.59 Å². The van der Waals surface area contributed by atoms with Gasteiger partial charge in [0.15, 0.2) is 0 Å². The zero-order valence-electron chi connectivity index (χ0n) is 10.1. The third kappa shape index (κ3) is 3.20. The van der Waals surface area contributed by atoms with Crippen molar-refractivity contribution in [3.8, 4) is 0 Å². The Labute approximate surface area is 105 Å². The van der Waals surface area contributed by atoms with Gasteiger partial charge < -0.3 is 9.80 Å². The van der Waals surface area contributed by atoms with Crippen LogP contribution in [0.1, 0.15) is 19.8 Å². The highest BCUT2D eigenvalue weighted by Gasteiger charge is 2.30. The summed E-state index contributed by atoms with van der Waals surface area (Å²) in [5.41, 5.74) is 0. The molecular formula is C11H19BrN2O2. The van der Waals surface area contributed by atoms with E-state index in [4.69, 9.17) is 0 Å². The first-order valence-corrected chi connectivity index (χ1v) is 6.49. The highest BCUT2D eigenvalue weighted by Crippen LogP contribution is 2.19. The molecule has 0 radical (unpaired) electrons. The molecule has 1 aliphatic heterocycles. The predicted octanol–water partition coefficient (Wildman–Crippen LogP) is 1.10. The van der Waals surface area contributed by atoms with Gasteiger partial charge in [0, 0.05) is 27.2 Å². The van der Waals surface area contributed by atoms with E-state index in [1.165, 1.54) is 0 Å². The van der Waals surface area contributed by atoms with Gasteiger partial charge in [0.2, 0.25) is 11.8 Å². The van der Waals surface area contributed by atoms with Crippen LogP contribution in [0.3, 0.4) is 0 Å². The van der Waals surface area contributed by atoms with Gasteiger partial charge in [-0.05, 0) is 19.8 Å². The first-order valence-electron chi connectivity index (χ1n) is 5.57. The maximum Gasteiger partial charge on any atom is 0.236 e. The number of carbonyl (C=O) groups is 2. The fraction of sp³-hybridized carbons (Fsp3) is 0.818. The first-order chi connectivity index (χ1) is 7.43. The SMILES string of the molecule is C[C@@H](Br)C(=O)N1CCC[C@H](C(=O)N(C)C)C1. The van der Waals surface area contributed by atoms with E-state index in [0.717, 1.165) is 19.4 Å². The number of hydrogen-bond acceptors (Lipinski definition) is 2. The fourth-order valence-electron chi connectivity index (χ4n) is 2.00. The summed E-state index contributed by atoms with van der Waals surface area (Å²) in [5.74, 6) is 0.176. The number of alkyl halides is 1. The van der Waals surface area contributed by atoms with Crippen LogP contribution in [-0.4, -0.2) is 53.6 Å². The lowest BCUT2D eigenvalue weighted by molar-refractivity contribution is -0.138. The van der Waals surface area contributed by atoms with Crippen molar-refractivity contribution in [1.29, 1.82) is 0 Å². The van der Waals surface area contributed by atoms with E-state index in [0.29, 0.717) is 6.54 Å². The van der Waals surface area contributed by atoms with Crippen LogP contribution >= 0.6 is 15.9 Å². The molecule has 0 N–H and O–H groups in total. The standard InChI is InChI=1S/C11H19BrN2O2/c1-8(12)10(15)14-6-4-5-9(7-14)11(16)13(2)3/h8-9H,4-7H2,1-3H3/t8-,9+/m1/s1. The van der Waals surface area contributed by atoms with Crippen molar-refractivity contribution in [2.75, 3.05) is 27.2 Å². The van der Waals surface area contributed by atoms with E-state index in [2.05, 4.69) is 15.9 Å². The maximum atomic E-state index is 11.8. The van der Waals surface area contributed by atoms with Gasteiger partial charge in [-0.25, -0.2) is 0 Å². The zero-order valence-corrected chi connectivity index (χ0v) is 11.7. The molecule has 92 valence electrons. The summed E-state index contributed by atoms with van der Waals surface area (Å²) < 4.78 is 0. The largest absolute Gasteiger partial charge is 0.349 e. The number of piperidine rings is 1. The van der Waals surface area contributed by atoms with Crippen molar-refractivity contribution in [3.63, 3.8) is 0 Å². The van der Waals surface area contributed by atoms with Crippen molar-refractivity contribution >= 4 is 27.7 Å². The molecule has 1 heterocycles. The summed E-state index contributed by atoms with van der Waals surface area (Å²) in [7, 11) is 3.52. The van der Waals surface area contributed by atoms with Crippen molar-refractivity contribution in [2.24, 2.45) is 5.92 Å². The fourth-order valence-corrected chi connectivity index (χ4v) is 2.29. The van der Waals surface area contributed by atoms with Crippen LogP contribution in [0.5, 0.6) is 0 Å². The molecule has 0 aromatic carbocycles. The molecule has 2 atom stereocenters. The number of carbonyl (C=O) groups excluding carboxylic acids is 2. The van der Waals surface area contributed by atoms with Crippen molar-refractivity contribution in [1.82, 2.24) is 9.80 Å². The Hall–Kier alpha value is -0.580. The zero-order chi connectivity index (χ0) is 12.3. The van der Waals surface area contributed by atoms with Gasteiger partial charge in [-0.15, -0.1) is 0 Å². The Morgan fingerprint density at radius 3 is 2.56 bits per heavy atom. The molecule has 1 fully saturated rings. The highest BCUT2D eigenvalue weighted by molar-refractivity contribution is 9.10. The normalized spacial score (nSPS) is 22.8. The van der Waals surface area contributed by atoms with E-state index in [1.54, 1.807) is 23.9 Å². The number of hydrogen-bond donors (Lipinski definition) is 0. The first kappa shape index (κ1) is 13.5. The van der Waals surface area contributed by atoms with Crippen LogP contribution in [0.15, 0.2) is 0 Å². The molecule has 1 aliphatic rings. The molecule has 0 spiro atoms. The molecule has 5 heteroatoms. The third-order valence-corrected chi connectivity index (χ3v) is 3.26. The summed E-state index contributed by atoms with van der Waals surface area (Å²) in [6.45, 7) is 3.15. The second-order valence-corrected chi connectivity index (χ2v) is 5.85. The van der Waals surface area contributed by atoms with Gasteiger partial charge in [0.25, 0.3) is 0 Å². The molecule has 0 aliphatic carbocycles. The number of likely N-dealkylation sites (tertiary alicyclic amines) is 1. The number of rotatable bonds is 2. The number of halogens is 1. The molecule has 1 saturated heterocycles. The molecule has 0 unspecified atom stereocenters. The Morgan fingerprint density at radius 1 is 1.44 bits per heavy atom. The molecule has 0 bridgehead atoms. The molecule has 16 heavy (non-hydrogen) atoms. The van der Waals surface area contributed by atoms with Gasteiger partial charge >= 0.3 is 0 Å². The lowest BCUT2D eigenvalue weighted by Crippen LogP contribution is -2.46. The quantitative estimate of drug-likeness (QED) is 0.715. The second-order valence-electron chi connectivity index (χ2n) is 4.47. The van der Waals surface area contributed by atoms with Crippen LogP contribution in [-0.2, 0) is 9.59 Å². The van der Waals surface area contributed by atoms with Gasteiger partial charge in [-0.1, -0.05) is 15.9 Å². The summed E-state index contributed by atoms with van der Waals surface area (Å²) in [4.78, 5) is 26.8. The van der Waals surface area contributed by atoms with Crippen molar-refractivity contribution < 1.29 is 9.59 Å². The van der Waals surface area contributed by atoms with Crippen LogP contribution < -0.4 is 0 Å². The molecule has 0 aromatic heterocycles. The van der Waals surface area contributed by atoms with Crippen molar-refractivity contribution in [2.45, 2.75) is 24.6 Å². The summed E-state index contributed by atoms with van der Waals surface area (Å²) in [5, 5.41) is 0. The Morgan fingerprint density at radius 2 is 2.06 bits per heavy atom. The van der Waals surface area contributed by atoms with E-state index < -0.39 is 0 Å². The summed E-state index contributed by atoms with van der Waals surface area (Å²) in [6, 6.07) is 0. The lowest BCUT2D eigenvalue weighted by atomic mass is 9.96. The summed E-state index contributed by atoms with van der Waals surface area (Å²) >= 11 is 3.27. The van der Waals surface area contributed by atoms with Crippen molar-refractivity contribution in [3.05, 3.63) is 0 Å². The lowest BCUT2D eigenvalue weighted by Gasteiger charge is -2.33. The van der Waals surface area contributed by atoms with Crippen LogP contribution in [0, 0.1) is 5.92 Å². The minimum absolute atomic E-state index is 0.0288. The van der Waals surface area contributed by atoms with Gasteiger partial charge in [0.1, 0.15) is 0 Å². The summed E-state index contributed by atoms with van der Waals surface area (Å²) in [6.07, 6.45) is 1.80. The smallest absolute Gasteiger partial charge is 0.236 e. The average Bonchev–Trinajstić information content (AvgIpc) is 2.26. The Kier molecular flexibility index (Phi) is 4.77. The van der Waals surface area contributed by atoms with E-state index in [1.807, 2.05) is 6.92 Å². The Bertz CT molecular complexity index is 253. The average molecular weight is 291 g/mol. The van der Waals surface area contributed by atoms with Gasteiger partial charge in [0.05, 0.1) is 10.7 Å². The predicted molar refractivity (Wildman–Crippen MR) is 66.4 cm³/mol. The van der Waals surface area contributed by atoms with E-state index in [-0.39, 0.29) is 22.6 Å². The van der Waals surface area contributed by atoms with Crippen LogP contribution in [0.2, 0.25) is 0 Å². The topological polar surface area (TPSA) is 40.6 Å². The minimum atomic E-state index is -0.166. The third-order valence-electron chi connectivity index (χ3n) is 2.86. The molecule has 0 aromatic rings. The number of amides is 2. The highest BCUT2D eigenvalue weighted by atomic mass is 79.9. The van der Waals surface area contributed by atoms with E-state index >= 15 is 0 Å². The Balaban J connectivity index is 2.60. The number of nitrogens with zero attached hydrogens (tertiary/aromatic N) is 2. The minimum Gasteiger partial charge on any atom is -0.349 e.